The number of nitrogens with one attached hydrogen (secondary N) is 1. The second kappa shape index (κ2) is 2.99. The van der Waals surface area contributed by atoms with Gasteiger partial charge in [-0.2, -0.15) is 0 Å². The van der Waals surface area contributed by atoms with Gasteiger partial charge in [-0.15, -0.1) is 0 Å². The number of carbonyl (C=O) groups is 1. The lowest BCUT2D eigenvalue weighted by atomic mass is 10.2. The Morgan fingerprint density at radius 3 is 3.00 bits per heavy atom. The van der Waals surface area contributed by atoms with Crippen LogP contribution in [0.1, 0.15) is 16.1 Å². The summed E-state index contributed by atoms with van der Waals surface area (Å²) in [6, 6.07) is 0. The number of nitrogens with zero attached hydrogens (tertiary/aromatic N) is 2. The van der Waals surface area contributed by atoms with Crippen molar-refractivity contribution in [2.45, 2.75) is 6.92 Å². The zero-order chi connectivity index (χ0) is 10.1. The van der Waals surface area contributed by atoms with E-state index in [4.69, 9.17) is 9.63 Å². The molecule has 2 aromatic heterocycles. The number of H-pyrrole nitrogens is 1. The Kier molecular flexibility index (Phi) is 1.81. The number of rotatable bonds is 2. The Hall–Kier alpha value is -2.11. The van der Waals surface area contributed by atoms with E-state index in [0.717, 1.165) is 11.9 Å². The second-order valence-corrected chi connectivity index (χ2v) is 2.75. The molecular weight excluding hydrogens is 186 g/mol. The molecule has 0 aliphatic rings. The Bertz CT molecular complexity index is 472. The fraction of sp³-hybridized carbons (Fsp3) is 0.125. The molecule has 0 bridgehead atoms. The van der Waals surface area contributed by atoms with Crippen LogP contribution in [-0.4, -0.2) is 26.2 Å². The molecule has 14 heavy (non-hydrogen) atoms. The highest BCUT2D eigenvalue weighted by atomic mass is 16.5. The number of hydrogen-bond donors (Lipinski definition) is 2. The first-order valence-corrected chi connectivity index (χ1v) is 3.88. The summed E-state index contributed by atoms with van der Waals surface area (Å²) < 4.78 is 4.84. The van der Waals surface area contributed by atoms with Gasteiger partial charge in [0.15, 0.2) is 0 Å². The minimum Gasteiger partial charge on any atom is -0.477 e. The second-order valence-electron chi connectivity index (χ2n) is 2.75. The minimum absolute atomic E-state index is 0.0141. The van der Waals surface area contributed by atoms with E-state index in [-0.39, 0.29) is 11.3 Å². The summed E-state index contributed by atoms with van der Waals surface area (Å²) in [5.41, 5.74) is 1.23. The van der Waals surface area contributed by atoms with Crippen LogP contribution >= 0.6 is 0 Å². The Morgan fingerprint density at radius 2 is 2.43 bits per heavy atom. The van der Waals surface area contributed by atoms with Crippen molar-refractivity contribution in [2.75, 3.05) is 0 Å². The highest BCUT2D eigenvalue weighted by Crippen LogP contribution is 2.23. The van der Waals surface area contributed by atoms with Gasteiger partial charge in [-0.1, -0.05) is 5.16 Å². The number of hydrogen-bond acceptors (Lipinski definition) is 4. The summed E-state index contributed by atoms with van der Waals surface area (Å²) in [7, 11) is 0. The maximum Gasteiger partial charge on any atom is 0.341 e. The van der Waals surface area contributed by atoms with E-state index >= 15 is 0 Å². The highest BCUT2D eigenvalue weighted by Gasteiger charge is 2.19. The Morgan fingerprint density at radius 1 is 1.64 bits per heavy atom. The third-order valence-electron chi connectivity index (χ3n) is 1.85. The maximum absolute atomic E-state index is 10.8. The molecule has 6 heteroatoms. The average molecular weight is 193 g/mol. The molecule has 0 radical (unpaired) electrons. The van der Waals surface area contributed by atoms with Gasteiger partial charge in [0.25, 0.3) is 0 Å². The Labute approximate surface area is 78.6 Å². The zero-order valence-corrected chi connectivity index (χ0v) is 7.31. The van der Waals surface area contributed by atoms with Crippen LogP contribution in [0.3, 0.4) is 0 Å². The van der Waals surface area contributed by atoms with Gasteiger partial charge in [0.1, 0.15) is 11.3 Å². The van der Waals surface area contributed by atoms with E-state index in [1.807, 2.05) is 0 Å². The van der Waals surface area contributed by atoms with Gasteiger partial charge >= 0.3 is 5.97 Å². The first-order valence-electron chi connectivity index (χ1n) is 3.88. The van der Waals surface area contributed by atoms with Crippen molar-refractivity contribution in [2.24, 2.45) is 0 Å². The molecule has 0 unspecified atom stereocenters. The molecule has 0 spiro atoms. The lowest BCUT2D eigenvalue weighted by Crippen LogP contribution is -1.96. The van der Waals surface area contributed by atoms with Crippen molar-refractivity contribution in [3.63, 3.8) is 0 Å². The molecule has 2 rings (SSSR count). The van der Waals surface area contributed by atoms with Crippen LogP contribution in [-0.2, 0) is 0 Å². The van der Waals surface area contributed by atoms with Crippen LogP contribution in [0.4, 0.5) is 0 Å². The van der Waals surface area contributed by atoms with Crippen LogP contribution in [0, 0.1) is 6.92 Å². The standard InChI is InChI=1S/C8H7N3O3/c1-4-6(10-3-9-4)7-5(8(12)13)2-11-14-7/h2-3H,1H3,(H,9,10)(H,12,13). The van der Waals surface area contributed by atoms with Crippen LogP contribution in [0.5, 0.6) is 0 Å². The summed E-state index contributed by atoms with van der Waals surface area (Å²) in [6.45, 7) is 1.77. The third-order valence-corrected chi connectivity index (χ3v) is 1.85. The van der Waals surface area contributed by atoms with E-state index in [1.54, 1.807) is 6.92 Å². The van der Waals surface area contributed by atoms with Crippen molar-refractivity contribution in [3.8, 4) is 11.5 Å². The third kappa shape index (κ3) is 1.17. The molecule has 2 N–H and O–H groups in total. The van der Waals surface area contributed by atoms with E-state index in [0.29, 0.717) is 5.69 Å². The molecule has 0 saturated heterocycles. The molecule has 0 aliphatic carbocycles. The number of aromatic carboxylic acids is 1. The normalized spacial score (nSPS) is 10.4. The van der Waals surface area contributed by atoms with Gasteiger partial charge in [0.05, 0.1) is 12.5 Å². The fourth-order valence-corrected chi connectivity index (χ4v) is 1.15. The summed E-state index contributed by atoms with van der Waals surface area (Å²) in [6.07, 6.45) is 2.63. The van der Waals surface area contributed by atoms with E-state index in [2.05, 4.69) is 15.1 Å². The lowest BCUT2D eigenvalue weighted by Gasteiger charge is -1.93. The smallest absolute Gasteiger partial charge is 0.341 e. The molecular formula is C8H7N3O3. The van der Waals surface area contributed by atoms with Gasteiger partial charge in [-0.3, -0.25) is 0 Å². The highest BCUT2D eigenvalue weighted by molar-refractivity contribution is 5.93. The number of imidazole rings is 1. The maximum atomic E-state index is 10.8. The first-order chi connectivity index (χ1) is 6.70. The quantitative estimate of drug-likeness (QED) is 0.744. The molecule has 2 heterocycles. The molecule has 0 fully saturated rings. The number of carboxylic acid groups (broad SMARTS) is 1. The first kappa shape index (κ1) is 8.49. The average Bonchev–Trinajstić information content (AvgIpc) is 2.70. The van der Waals surface area contributed by atoms with Crippen molar-refractivity contribution >= 4 is 5.97 Å². The number of carboxylic acids is 1. The van der Waals surface area contributed by atoms with Gasteiger partial charge in [0.2, 0.25) is 5.76 Å². The lowest BCUT2D eigenvalue weighted by molar-refractivity contribution is 0.0697. The van der Waals surface area contributed by atoms with E-state index in [9.17, 15) is 4.79 Å². The van der Waals surface area contributed by atoms with Crippen LogP contribution in [0.2, 0.25) is 0 Å². The fourth-order valence-electron chi connectivity index (χ4n) is 1.15. The molecule has 0 atom stereocenters. The number of aromatic nitrogens is 3. The van der Waals surface area contributed by atoms with E-state index < -0.39 is 5.97 Å². The van der Waals surface area contributed by atoms with Crippen molar-refractivity contribution in [1.29, 1.82) is 0 Å². The molecule has 0 saturated carbocycles. The van der Waals surface area contributed by atoms with Crippen molar-refractivity contribution in [3.05, 3.63) is 23.8 Å². The van der Waals surface area contributed by atoms with Crippen LogP contribution in [0.25, 0.3) is 11.5 Å². The van der Waals surface area contributed by atoms with Gasteiger partial charge in [-0.05, 0) is 6.92 Å². The topological polar surface area (TPSA) is 92.0 Å². The molecule has 6 nitrogen and oxygen atoms in total. The van der Waals surface area contributed by atoms with Crippen LogP contribution in [0.15, 0.2) is 17.0 Å². The monoisotopic (exact) mass is 193 g/mol. The molecule has 0 amide bonds. The van der Waals surface area contributed by atoms with E-state index in [1.165, 1.54) is 6.33 Å². The van der Waals surface area contributed by atoms with Gasteiger partial charge in [0, 0.05) is 5.69 Å². The van der Waals surface area contributed by atoms with Crippen molar-refractivity contribution in [1.82, 2.24) is 15.1 Å². The summed E-state index contributed by atoms with van der Waals surface area (Å²) >= 11 is 0. The van der Waals surface area contributed by atoms with Gasteiger partial charge < -0.3 is 14.6 Å². The number of aromatic amines is 1. The summed E-state index contributed by atoms with van der Waals surface area (Å²) in [4.78, 5) is 17.5. The van der Waals surface area contributed by atoms with Crippen molar-refractivity contribution < 1.29 is 14.4 Å². The predicted octanol–water partition coefficient (Wildman–Crippen LogP) is 1.07. The number of aryl methyl sites for hydroxylation is 1. The molecule has 72 valence electrons. The summed E-state index contributed by atoms with van der Waals surface area (Å²) in [5, 5.41) is 12.2. The zero-order valence-electron chi connectivity index (χ0n) is 7.31. The summed E-state index contributed by atoms with van der Waals surface area (Å²) in [5.74, 6) is -0.903. The predicted molar refractivity (Wildman–Crippen MR) is 45.8 cm³/mol. The Balaban J connectivity index is 2.57. The van der Waals surface area contributed by atoms with Gasteiger partial charge in [-0.25, -0.2) is 9.78 Å². The van der Waals surface area contributed by atoms with Crippen LogP contribution < -0.4 is 0 Å². The molecule has 0 aromatic carbocycles. The minimum atomic E-state index is -1.08. The SMILES string of the molecule is Cc1[nH]cnc1-c1oncc1C(=O)O. The molecule has 0 aliphatic heterocycles. The largest absolute Gasteiger partial charge is 0.477 e. The molecule has 2 aromatic rings.